The minimum Gasteiger partial charge on any atom is -0.469 e. The zero-order valence-corrected chi connectivity index (χ0v) is 12.4. The smallest absolute Gasteiger partial charge is 0.314 e. The Morgan fingerprint density at radius 1 is 1.25 bits per heavy atom. The molecule has 0 heterocycles. The van der Waals surface area contributed by atoms with Crippen molar-refractivity contribution >= 4 is 5.97 Å². The third-order valence-corrected chi connectivity index (χ3v) is 3.10. The predicted molar refractivity (Wildman–Crippen MR) is 79.8 cm³/mol. The lowest BCUT2D eigenvalue weighted by Crippen LogP contribution is -2.30. The second-order valence-corrected chi connectivity index (χ2v) is 4.66. The van der Waals surface area contributed by atoms with Crippen LogP contribution in [0.4, 0.5) is 0 Å². The Kier molecular flexibility index (Phi) is 8.67. The van der Waals surface area contributed by atoms with Gasteiger partial charge in [-0.1, -0.05) is 43.7 Å². The van der Waals surface area contributed by atoms with Crippen LogP contribution < -0.4 is 5.32 Å². The Morgan fingerprint density at radius 2 is 2.00 bits per heavy atom. The summed E-state index contributed by atoms with van der Waals surface area (Å²) in [4.78, 5) is 11.8. The summed E-state index contributed by atoms with van der Waals surface area (Å²) >= 11 is 0. The third-order valence-electron chi connectivity index (χ3n) is 3.10. The van der Waals surface area contributed by atoms with Crippen molar-refractivity contribution in [1.29, 1.82) is 0 Å². The minimum absolute atomic E-state index is 0.212. The number of hydrogen-bond acceptors (Lipinski definition) is 4. The van der Waals surface area contributed by atoms with Gasteiger partial charge in [0, 0.05) is 19.7 Å². The van der Waals surface area contributed by atoms with Crippen molar-refractivity contribution in [2.24, 2.45) is 0 Å². The summed E-state index contributed by atoms with van der Waals surface area (Å²) in [6.45, 7) is 4.92. The molecule has 4 nitrogen and oxygen atoms in total. The van der Waals surface area contributed by atoms with Crippen LogP contribution in [0.2, 0.25) is 0 Å². The molecular weight excluding hydrogens is 254 g/mol. The lowest BCUT2D eigenvalue weighted by molar-refractivity contribution is -0.142. The molecule has 1 aromatic rings. The molecule has 0 amide bonds. The van der Waals surface area contributed by atoms with Crippen LogP contribution in [0, 0.1) is 0 Å². The number of ether oxygens (including phenoxy) is 2. The Balaban J connectivity index is 2.34. The first-order valence-electron chi connectivity index (χ1n) is 7.20. The molecule has 1 rings (SSSR count). The standard InChI is InChI=1S/C16H25NO3/c1-3-4-11-20-12-10-17-13-15(16(18)19-2)14-8-6-5-7-9-14/h5-9,15,17H,3-4,10-13H2,1-2H3. The molecule has 0 aliphatic rings. The largest absolute Gasteiger partial charge is 0.469 e. The highest BCUT2D eigenvalue weighted by Crippen LogP contribution is 2.15. The molecule has 0 aliphatic heterocycles. The summed E-state index contributed by atoms with van der Waals surface area (Å²) in [5.41, 5.74) is 0.971. The van der Waals surface area contributed by atoms with Crippen LogP contribution in [0.5, 0.6) is 0 Å². The van der Waals surface area contributed by atoms with Gasteiger partial charge in [-0.2, -0.15) is 0 Å². The van der Waals surface area contributed by atoms with Crippen molar-refractivity contribution < 1.29 is 14.3 Å². The molecule has 20 heavy (non-hydrogen) atoms. The summed E-state index contributed by atoms with van der Waals surface area (Å²) < 4.78 is 10.3. The number of rotatable bonds is 10. The monoisotopic (exact) mass is 279 g/mol. The van der Waals surface area contributed by atoms with Gasteiger partial charge in [-0.05, 0) is 12.0 Å². The molecule has 1 unspecified atom stereocenters. The van der Waals surface area contributed by atoms with Crippen LogP contribution in [0.3, 0.4) is 0 Å². The number of carbonyl (C=O) groups is 1. The molecule has 0 aromatic heterocycles. The number of unbranched alkanes of at least 4 members (excludes halogenated alkanes) is 1. The quantitative estimate of drug-likeness (QED) is 0.527. The van der Waals surface area contributed by atoms with Crippen molar-refractivity contribution in [2.75, 3.05) is 33.4 Å². The predicted octanol–water partition coefficient (Wildman–Crippen LogP) is 2.35. The van der Waals surface area contributed by atoms with Crippen LogP contribution in [0.15, 0.2) is 30.3 Å². The number of benzene rings is 1. The number of esters is 1. The van der Waals surface area contributed by atoms with Gasteiger partial charge in [0.2, 0.25) is 0 Å². The van der Waals surface area contributed by atoms with E-state index >= 15 is 0 Å². The Morgan fingerprint density at radius 3 is 2.65 bits per heavy atom. The van der Waals surface area contributed by atoms with Gasteiger partial charge in [0.1, 0.15) is 0 Å². The van der Waals surface area contributed by atoms with Gasteiger partial charge in [-0.15, -0.1) is 0 Å². The topological polar surface area (TPSA) is 47.6 Å². The van der Waals surface area contributed by atoms with Crippen molar-refractivity contribution in [3.63, 3.8) is 0 Å². The first-order chi connectivity index (χ1) is 9.79. The maximum absolute atomic E-state index is 11.8. The van der Waals surface area contributed by atoms with Crippen LogP contribution in [-0.4, -0.2) is 39.4 Å². The number of carbonyl (C=O) groups excluding carboxylic acids is 1. The van der Waals surface area contributed by atoms with E-state index in [1.54, 1.807) is 0 Å². The molecule has 1 atom stereocenters. The Labute approximate surface area is 121 Å². The molecule has 0 spiro atoms. The fourth-order valence-electron chi connectivity index (χ4n) is 1.90. The molecule has 4 heteroatoms. The number of hydrogen-bond donors (Lipinski definition) is 1. The zero-order valence-electron chi connectivity index (χ0n) is 12.4. The lowest BCUT2D eigenvalue weighted by Gasteiger charge is -2.15. The maximum Gasteiger partial charge on any atom is 0.314 e. The van der Waals surface area contributed by atoms with E-state index in [0.717, 1.165) is 31.6 Å². The van der Waals surface area contributed by atoms with Gasteiger partial charge in [-0.3, -0.25) is 4.79 Å². The van der Waals surface area contributed by atoms with Crippen LogP contribution >= 0.6 is 0 Å². The molecule has 1 N–H and O–H groups in total. The molecule has 0 radical (unpaired) electrons. The fraction of sp³-hybridized carbons (Fsp3) is 0.562. The minimum atomic E-state index is -0.267. The zero-order chi connectivity index (χ0) is 14.6. The second-order valence-electron chi connectivity index (χ2n) is 4.66. The van der Waals surface area contributed by atoms with Crippen LogP contribution in [-0.2, 0) is 14.3 Å². The maximum atomic E-state index is 11.8. The van der Waals surface area contributed by atoms with Gasteiger partial charge < -0.3 is 14.8 Å². The molecule has 0 fully saturated rings. The molecule has 112 valence electrons. The van der Waals surface area contributed by atoms with E-state index in [-0.39, 0.29) is 11.9 Å². The van der Waals surface area contributed by atoms with Crippen LogP contribution in [0.25, 0.3) is 0 Å². The summed E-state index contributed by atoms with van der Waals surface area (Å²) in [6.07, 6.45) is 2.24. The normalized spacial score (nSPS) is 12.1. The van der Waals surface area contributed by atoms with E-state index in [2.05, 4.69) is 12.2 Å². The van der Waals surface area contributed by atoms with Gasteiger partial charge in [-0.25, -0.2) is 0 Å². The number of methoxy groups -OCH3 is 1. The summed E-state index contributed by atoms with van der Waals surface area (Å²) in [6, 6.07) is 9.69. The van der Waals surface area contributed by atoms with E-state index in [0.29, 0.717) is 13.2 Å². The van der Waals surface area contributed by atoms with E-state index < -0.39 is 0 Å². The average molecular weight is 279 g/mol. The van der Waals surface area contributed by atoms with E-state index in [9.17, 15) is 4.79 Å². The molecule has 0 bridgehead atoms. The molecule has 1 aromatic carbocycles. The highest BCUT2D eigenvalue weighted by atomic mass is 16.5. The highest BCUT2D eigenvalue weighted by Gasteiger charge is 2.20. The molecule has 0 saturated carbocycles. The second kappa shape index (κ2) is 10.4. The van der Waals surface area contributed by atoms with E-state index in [1.165, 1.54) is 7.11 Å². The Bertz CT molecular complexity index is 367. The summed E-state index contributed by atoms with van der Waals surface area (Å²) in [7, 11) is 1.42. The molecular formula is C16H25NO3. The van der Waals surface area contributed by atoms with Gasteiger partial charge in [0.25, 0.3) is 0 Å². The van der Waals surface area contributed by atoms with Gasteiger partial charge >= 0.3 is 5.97 Å². The van der Waals surface area contributed by atoms with Crippen molar-refractivity contribution in [1.82, 2.24) is 5.32 Å². The fourth-order valence-corrected chi connectivity index (χ4v) is 1.90. The Hall–Kier alpha value is -1.39. The molecule has 0 aliphatic carbocycles. The highest BCUT2D eigenvalue weighted by molar-refractivity contribution is 5.78. The van der Waals surface area contributed by atoms with Crippen molar-refractivity contribution in [3.8, 4) is 0 Å². The number of nitrogens with one attached hydrogen (secondary N) is 1. The van der Waals surface area contributed by atoms with Crippen LogP contribution in [0.1, 0.15) is 31.2 Å². The van der Waals surface area contributed by atoms with E-state index in [4.69, 9.17) is 9.47 Å². The summed E-state index contributed by atoms with van der Waals surface area (Å²) in [5, 5.41) is 3.25. The summed E-state index contributed by atoms with van der Waals surface area (Å²) in [5.74, 6) is -0.479. The third kappa shape index (κ3) is 6.17. The van der Waals surface area contributed by atoms with Gasteiger partial charge in [0.05, 0.1) is 19.6 Å². The lowest BCUT2D eigenvalue weighted by atomic mass is 9.99. The van der Waals surface area contributed by atoms with Gasteiger partial charge in [0.15, 0.2) is 0 Å². The van der Waals surface area contributed by atoms with Crippen molar-refractivity contribution in [2.45, 2.75) is 25.7 Å². The molecule has 0 saturated heterocycles. The first-order valence-corrected chi connectivity index (χ1v) is 7.20. The van der Waals surface area contributed by atoms with Crippen molar-refractivity contribution in [3.05, 3.63) is 35.9 Å². The first kappa shape index (κ1) is 16.7. The average Bonchev–Trinajstić information content (AvgIpc) is 2.50. The SMILES string of the molecule is CCCCOCCNCC(C(=O)OC)c1ccccc1. The van der Waals surface area contributed by atoms with E-state index in [1.807, 2.05) is 30.3 Å².